The highest BCUT2D eigenvalue weighted by molar-refractivity contribution is 6.29. The monoisotopic (exact) mass is 575 g/mol. The van der Waals surface area contributed by atoms with Crippen LogP contribution in [0.15, 0.2) is 162 Å². The fourth-order valence-corrected chi connectivity index (χ4v) is 7.25. The molecule has 0 aliphatic rings. The van der Waals surface area contributed by atoms with Crippen molar-refractivity contribution in [1.29, 1.82) is 0 Å². The molecule has 0 saturated carbocycles. The summed E-state index contributed by atoms with van der Waals surface area (Å²) in [5.41, 5.74) is 6.17. The summed E-state index contributed by atoms with van der Waals surface area (Å²) in [5, 5.41) is 11.2. The Kier molecular flexibility index (Phi) is 4.15. The van der Waals surface area contributed by atoms with Gasteiger partial charge in [0.1, 0.15) is 11.2 Å². The third-order valence-electron chi connectivity index (χ3n) is 9.28. The molecule has 0 unspecified atom stereocenters. The normalized spacial score (nSPS) is 13.6. The Balaban J connectivity index is 1.29. The average Bonchev–Trinajstić information content (AvgIpc) is 3.53. The van der Waals surface area contributed by atoms with E-state index in [1.165, 1.54) is 32.7 Å². The maximum atomic E-state index is 8.77. The average molecular weight is 576 g/mol. The quantitative estimate of drug-likeness (QED) is 0.191. The van der Waals surface area contributed by atoms with E-state index < -0.39 is 6.04 Å². The van der Waals surface area contributed by atoms with E-state index in [2.05, 4.69) is 91.0 Å². The minimum Gasteiger partial charge on any atom is -0.456 e. The Morgan fingerprint density at radius 2 is 1.04 bits per heavy atom. The Hall–Kier alpha value is -5.92. The largest absolute Gasteiger partial charge is 0.456 e. The van der Waals surface area contributed by atoms with Crippen LogP contribution in [0.25, 0.3) is 98.4 Å². The van der Waals surface area contributed by atoms with Gasteiger partial charge in [0.15, 0.2) is 0 Å². The molecule has 0 saturated heterocycles. The summed E-state index contributed by atoms with van der Waals surface area (Å²) in [6, 6.07) is 42.6. The molecule has 208 valence electrons. The van der Waals surface area contributed by atoms with E-state index in [0.29, 0.717) is 11.1 Å². The van der Waals surface area contributed by atoms with E-state index >= 15 is 0 Å². The van der Waals surface area contributed by atoms with Crippen LogP contribution in [0.4, 0.5) is 0 Å². The molecular weight excluding hydrogens is 544 g/mol. The maximum Gasteiger partial charge on any atom is 0.136 e. The lowest BCUT2D eigenvalue weighted by Crippen LogP contribution is -1.90. The van der Waals surface area contributed by atoms with E-state index in [1.54, 1.807) is 6.07 Å². The minimum atomic E-state index is -0.413. The van der Waals surface area contributed by atoms with Crippen LogP contribution in [0, 0.1) is 0 Å². The predicted octanol–water partition coefficient (Wildman–Crippen LogP) is 12.6. The molecule has 0 aliphatic heterocycles. The molecule has 0 atom stereocenters. The number of furan rings is 1. The van der Waals surface area contributed by atoms with Crippen LogP contribution in [-0.4, -0.2) is 0 Å². The molecule has 0 amide bonds. The number of para-hydroxylation sites is 1. The number of hydrogen-bond donors (Lipinski definition) is 0. The molecule has 1 heterocycles. The first-order chi connectivity index (χ1) is 24.4. The summed E-state index contributed by atoms with van der Waals surface area (Å²) in [5.74, 6) is 0. The zero-order valence-electron chi connectivity index (χ0n) is 29.0. The molecule has 1 aromatic heterocycles. The van der Waals surface area contributed by atoms with Gasteiger partial charge in [-0.2, -0.15) is 0 Å². The van der Waals surface area contributed by atoms with Crippen molar-refractivity contribution >= 4 is 65.0 Å². The first-order valence-electron chi connectivity index (χ1n) is 17.6. The predicted molar refractivity (Wildman–Crippen MR) is 191 cm³/mol. The van der Waals surface area contributed by atoms with Gasteiger partial charge in [0.25, 0.3) is 0 Å². The lowest BCUT2D eigenvalue weighted by atomic mass is 9.86. The summed E-state index contributed by atoms with van der Waals surface area (Å²) >= 11 is 0. The second kappa shape index (κ2) is 9.29. The minimum absolute atomic E-state index is 0.150. The van der Waals surface area contributed by atoms with Gasteiger partial charge in [-0.25, -0.2) is 0 Å². The van der Waals surface area contributed by atoms with E-state index in [-0.39, 0.29) is 29.7 Å². The second-order valence-electron chi connectivity index (χ2n) is 11.7. The molecule has 9 aromatic carbocycles. The van der Waals surface area contributed by atoms with Crippen molar-refractivity contribution < 1.29 is 11.3 Å². The molecular formula is C44H26O. The first kappa shape index (κ1) is 20.1. The fourth-order valence-electron chi connectivity index (χ4n) is 7.25. The highest BCUT2D eigenvalue weighted by atomic mass is 16.3. The second-order valence-corrected chi connectivity index (χ2v) is 11.7. The molecule has 10 aromatic rings. The molecule has 0 aliphatic carbocycles. The Bertz CT molecular complexity index is 3020. The topological polar surface area (TPSA) is 13.1 Å². The van der Waals surface area contributed by atoms with Gasteiger partial charge < -0.3 is 4.42 Å². The van der Waals surface area contributed by atoms with Crippen molar-refractivity contribution in [2.24, 2.45) is 0 Å². The Morgan fingerprint density at radius 3 is 1.87 bits per heavy atom. The number of rotatable bonds is 3. The van der Waals surface area contributed by atoms with E-state index in [0.717, 1.165) is 49.0 Å². The van der Waals surface area contributed by atoms with Crippen LogP contribution in [0.3, 0.4) is 0 Å². The molecule has 1 heteroatoms. The highest BCUT2D eigenvalue weighted by Crippen LogP contribution is 2.46. The molecule has 45 heavy (non-hydrogen) atoms. The SMILES string of the molecule is [2H]c1c([2H])c([2H])c(-c2cc(-c3ccc4ccc5c(-c6ccc7ccccc7c6)ccc6ccc3c4c65)c3c(c2)oc2ccccc23)c([2H])c1[2H]. The van der Waals surface area contributed by atoms with E-state index in [1.807, 2.05) is 30.3 Å². The van der Waals surface area contributed by atoms with Crippen molar-refractivity contribution in [2.45, 2.75) is 0 Å². The lowest BCUT2D eigenvalue weighted by Gasteiger charge is -2.17. The molecule has 0 bridgehead atoms. The van der Waals surface area contributed by atoms with Crippen molar-refractivity contribution in [3.63, 3.8) is 0 Å². The summed E-state index contributed by atoms with van der Waals surface area (Å²) < 4.78 is 48.8. The summed E-state index contributed by atoms with van der Waals surface area (Å²) in [4.78, 5) is 0. The smallest absolute Gasteiger partial charge is 0.136 e. The van der Waals surface area contributed by atoms with Gasteiger partial charge in [0.05, 0.1) is 6.85 Å². The number of hydrogen-bond acceptors (Lipinski definition) is 1. The standard InChI is InChI=1S/C44H26O/c1-2-8-27(9-3-1)33-25-39(44-38-12-6-7-13-40(38)45-41(44)26-33)35-21-17-30-18-22-36-34(20-16-29-19-23-37(35)43(30)42(29)36)32-15-14-28-10-4-5-11-31(28)24-32/h1-26H/i1D,2D,3D,8D,9D. The van der Waals surface area contributed by atoms with Crippen molar-refractivity contribution in [3.05, 3.63) is 158 Å². The van der Waals surface area contributed by atoms with Crippen molar-refractivity contribution in [2.75, 3.05) is 0 Å². The number of benzene rings is 9. The van der Waals surface area contributed by atoms with Gasteiger partial charge >= 0.3 is 0 Å². The summed E-state index contributed by atoms with van der Waals surface area (Å²) in [6.45, 7) is 0. The third kappa shape index (κ3) is 3.62. The maximum absolute atomic E-state index is 8.77. The van der Waals surface area contributed by atoms with Crippen LogP contribution in [0.2, 0.25) is 0 Å². The lowest BCUT2D eigenvalue weighted by molar-refractivity contribution is 0.669. The summed E-state index contributed by atoms with van der Waals surface area (Å²) in [7, 11) is 0. The zero-order chi connectivity index (χ0) is 33.8. The molecule has 0 spiro atoms. The van der Waals surface area contributed by atoms with Gasteiger partial charge in [-0.15, -0.1) is 0 Å². The molecule has 1 nitrogen and oxygen atoms in total. The molecule has 10 rings (SSSR count). The number of fused-ring (bicyclic) bond motifs is 4. The third-order valence-corrected chi connectivity index (χ3v) is 9.28. The fraction of sp³-hybridized carbons (Fsp3) is 0. The van der Waals surface area contributed by atoms with Crippen molar-refractivity contribution in [3.8, 4) is 33.4 Å². The van der Waals surface area contributed by atoms with Crippen LogP contribution in [-0.2, 0) is 0 Å². The van der Waals surface area contributed by atoms with Crippen LogP contribution < -0.4 is 0 Å². The van der Waals surface area contributed by atoms with Gasteiger partial charge in [-0.05, 0) is 101 Å². The van der Waals surface area contributed by atoms with Gasteiger partial charge in [-0.1, -0.05) is 133 Å². The molecule has 0 fully saturated rings. The van der Waals surface area contributed by atoms with E-state index in [4.69, 9.17) is 11.3 Å². The van der Waals surface area contributed by atoms with E-state index in [9.17, 15) is 0 Å². The van der Waals surface area contributed by atoms with Crippen LogP contribution in [0.5, 0.6) is 0 Å². The van der Waals surface area contributed by atoms with Gasteiger partial charge in [0.2, 0.25) is 0 Å². The van der Waals surface area contributed by atoms with Gasteiger partial charge in [-0.3, -0.25) is 0 Å². The van der Waals surface area contributed by atoms with Gasteiger partial charge in [0, 0.05) is 10.8 Å². The van der Waals surface area contributed by atoms with Crippen LogP contribution in [0.1, 0.15) is 6.85 Å². The Labute approximate surface area is 266 Å². The highest BCUT2D eigenvalue weighted by Gasteiger charge is 2.19. The zero-order valence-corrected chi connectivity index (χ0v) is 24.0. The Morgan fingerprint density at radius 1 is 0.378 bits per heavy atom. The van der Waals surface area contributed by atoms with Crippen molar-refractivity contribution in [1.82, 2.24) is 0 Å². The molecule has 0 N–H and O–H groups in total. The summed E-state index contributed by atoms with van der Waals surface area (Å²) in [6.07, 6.45) is 0. The first-order valence-corrected chi connectivity index (χ1v) is 15.1. The van der Waals surface area contributed by atoms with Crippen LogP contribution >= 0.6 is 0 Å². The molecule has 0 radical (unpaired) electrons.